The van der Waals surface area contributed by atoms with E-state index in [1.54, 1.807) is 6.92 Å². The van der Waals surface area contributed by atoms with E-state index in [1.807, 2.05) is 0 Å². The number of nitro groups is 2. The van der Waals surface area contributed by atoms with Crippen molar-refractivity contribution in [3.8, 4) is 0 Å². The molecule has 0 fully saturated rings. The molecular weight excluding hydrogens is 316 g/mol. The Balaban J connectivity index is 2.25. The molecule has 0 saturated carbocycles. The van der Waals surface area contributed by atoms with E-state index in [4.69, 9.17) is 5.73 Å². The second kappa shape index (κ2) is 6.06. The van der Waals surface area contributed by atoms with Gasteiger partial charge < -0.3 is 5.73 Å². The van der Waals surface area contributed by atoms with Crippen LogP contribution in [0.2, 0.25) is 0 Å². The van der Waals surface area contributed by atoms with Crippen LogP contribution in [0.1, 0.15) is 11.3 Å². The van der Waals surface area contributed by atoms with Crippen molar-refractivity contribution in [1.82, 2.24) is 4.98 Å². The molecule has 0 radical (unpaired) electrons. The third kappa shape index (κ3) is 3.47. The summed E-state index contributed by atoms with van der Waals surface area (Å²) in [7, 11) is 0. The average Bonchev–Trinajstić information content (AvgIpc) is 2.74. The summed E-state index contributed by atoms with van der Waals surface area (Å²) in [6, 6.07) is 3.64. The number of rotatable bonds is 5. The largest absolute Gasteiger partial charge is 0.375 e. The Kier molecular flexibility index (Phi) is 4.38. The van der Waals surface area contributed by atoms with Gasteiger partial charge in [0, 0.05) is 17.4 Å². The SMILES string of the molecule is Cc1nc(N)sc1SCc1ccc([N+](=O)[O-])cc1[N+](=O)[O-]. The standard InChI is InChI=1S/C11H10N4O4S2/c1-6-10(21-11(12)13-6)20-5-7-2-3-8(14(16)17)4-9(7)15(18)19/h2-4H,5H2,1H3,(H2,12,13). The average molecular weight is 326 g/mol. The van der Waals surface area contributed by atoms with Gasteiger partial charge in [0.25, 0.3) is 11.4 Å². The fourth-order valence-corrected chi connectivity index (χ4v) is 3.66. The van der Waals surface area contributed by atoms with E-state index < -0.39 is 9.85 Å². The Morgan fingerprint density at radius 2 is 2.05 bits per heavy atom. The monoisotopic (exact) mass is 326 g/mol. The summed E-state index contributed by atoms with van der Waals surface area (Å²) >= 11 is 2.68. The number of aromatic nitrogens is 1. The third-order valence-corrected chi connectivity index (χ3v) is 5.00. The van der Waals surface area contributed by atoms with Crippen molar-refractivity contribution < 1.29 is 9.85 Å². The number of aryl methyl sites for hydroxylation is 1. The van der Waals surface area contributed by atoms with Crippen LogP contribution in [0.3, 0.4) is 0 Å². The first-order valence-corrected chi connectivity index (χ1v) is 7.46. The van der Waals surface area contributed by atoms with Crippen LogP contribution in [0.4, 0.5) is 16.5 Å². The summed E-state index contributed by atoms with van der Waals surface area (Å²) in [5.41, 5.74) is 6.22. The first kappa shape index (κ1) is 15.2. The van der Waals surface area contributed by atoms with Gasteiger partial charge in [0.05, 0.1) is 25.8 Å². The Hall–Kier alpha value is -2.20. The van der Waals surface area contributed by atoms with Crippen LogP contribution in [-0.4, -0.2) is 14.8 Å². The van der Waals surface area contributed by atoms with E-state index in [0.717, 1.165) is 16.0 Å². The molecule has 0 spiro atoms. The number of anilines is 1. The fourth-order valence-electron chi connectivity index (χ4n) is 1.64. The zero-order valence-electron chi connectivity index (χ0n) is 10.8. The van der Waals surface area contributed by atoms with Crippen LogP contribution < -0.4 is 5.73 Å². The quantitative estimate of drug-likeness (QED) is 0.508. The first-order valence-electron chi connectivity index (χ1n) is 5.66. The summed E-state index contributed by atoms with van der Waals surface area (Å²) in [6.45, 7) is 1.81. The summed E-state index contributed by atoms with van der Waals surface area (Å²) in [4.78, 5) is 24.5. The topological polar surface area (TPSA) is 125 Å². The molecule has 0 aliphatic rings. The number of hydrogen-bond donors (Lipinski definition) is 1. The third-order valence-electron chi connectivity index (χ3n) is 2.61. The molecule has 110 valence electrons. The minimum absolute atomic E-state index is 0.258. The second-order valence-electron chi connectivity index (χ2n) is 4.04. The molecule has 8 nitrogen and oxygen atoms in total. The van der Waals surface area contributed by atoms with Crippen LogP contribution in [0.5, 0.6) is 0 Å². The summed E-state index contributed by atoms with van der Waals surface area (Å²) in [5.74, 6) is 0.316. The van der Waals surface area contributed by atoms with Gasteiger partial charge in [0.1, 0.15) is 0 Å². The second-order valence-corrected chi connectivity index (χ2v) is 6.32. The smallest absolute Gasteiger partial charge is 0.280 e. The molecule has 0 amide bonds. The van der Waals surface area contributed by atoms with Crippen LogP contribution in [0, 0.1) is 27.2 Å². The van der Waals surface area contributed by atoms with Gasteiger partial charge in [-0.2, -0.15) is 0 Å². The molecular formula is C11H10N4O4S2. The Morgan fingerprint density at radius 3 is 2.57 bits per heavy atom. The maximum absolute atomic E-state index is 11.0. The molecule has 0 atom stereocenters. The molecule has 0 unspecified atom stereocenters. The molecule has 1 heterocycles. The minimum atomic E-state index is -0.655. The van der Waals surface area contributed by atoms with Crippen molar-refractivity contribution >= 4 is 39.6 Å². The molecule has 21 heavy (non-hydrogen) atoms. The predicted octanol–water partition coefficient (Wildman–Crippen LogP) is 3.14. The van der Waals surface area contributed by atoms with Crippen molar-refractivity contribution in [2.45, 2.75) is 16.9 Å². The van der Waals surface area contributed by atoms with Crippen LogP contribution in [-0.2, 0) is 5.75 Å². The van der Waals surface area contributed by atoms with E-state index in [9.17, 15) is 20.2 Å². The predicted molar refractivity (Wildman–Crippen MR) is 80.6 cm³/mol. The number of nitro benzene ring substituents is 2. The molecule has 2 aromatic rings. The van der Waals surface area contributed by atoms with E-state index in [1.165, 1.54) is 35.2 Å². The Bertz CT molecular complexity index is 716. The highest BCUT2D eigenvalue weighted by Crippen LogP contribution is 2.35. The van der Waals surface area contributed by atoms with E-state index in [0.29, 0.717) is 16.4 Å². The molecule has 1 aromatic heterocycles. The Morgan fingerprint density at radius 1 is 1.33 bits per heavy atom. The summed E-state index contributed by atoms with van der Waals surface area (Å²) in [5, 5.41) is 22.1. The highest BCUT2D eigenvalue weighted by molar-refractivity contribution is 8.00. The van der Waals surface area contributed by atoms with E-state index in [2.05, 4.69) is 4.98 Å². The lowest BCUT2D eigenvalue weighted by Crippen LogP contribution is -1.96. The van der Waals surface area contributed by atoms with E-state index in [-0.39, 0.29) is 11.4 Å². The van der Waals surface area contributed by atoms with Gasteiger partial charge in [-0.15, -0.1) is 11.8 Å². The molecule has 0 saturated heterocycles. The molecule has 2 rings (SSSR count). The lowest BCUT2D eigenvalue weighted by Gasteiger charge is -2.02. The molecule has 10 heteroatoms. The fraction of sp³-hybridized carbons (Fsp3) is 0.182. The summed E-state index contributed by atoms with van der Waals surface area (Å²) < 4.78 is 0.875. The first-order chi connectivity index (χ1) is 9.88. The zero-order chi connectivity index (χ0) is 15.6. The highest BCUT2D eigenvalue weighted by Gasteiger charge is 2.20. The van der Waals surface area contributed by atoms with Crippen molar-refractivity contribution in [1.29, 1.82) is 0 Å². The van der Waals surface area contributed by atoms with Crippen LogP contribution in [0.25, 0.3) is 0 Å². The normalized spacial score (nSPS) is 10.5. The van der Waals surface area contributed by atoms with Crippen molar-refractivity contribution in [2.75, 3.05) is 5.73 Å². The number of thioether (sulfide) groups is 1. The number of nitrogen functional groups attached to an aromatic ring is 1. The maximum Gasteiger partial charge on any atom is 0.280 e. The molecule has 2 N–H and O–H groups in total. The van der Waals surface area contributed by atoms with Crippen LogP contribution >= 0.6 is 23.1 Å². The molecule has 0 aliphatic heterocycles. The zero-order valence-corrected chi connectivity index (χ0v) is 12.4. The molecule has 0 aliphatic carbocycles. The number of nitrogens with two attached hydrogens (primary N) is 1. The number of thiazole rings is 1. The lowest BCUT2D eigenvalue weighted by atomic mass is 10.2. The van der Waals surface area contributed by atoms with Gasteiger partial charge in [-0.3, -0.25) is 20.2 Å². The van der Waals surface area contributed by atoms with Crippen molar-refractivity contribution in [3.63, 3.8) is 0 Å². The van der Waals surface area contributed by atoms with E-state index >= 15 is 0 Å². The lowest BCUT2D eigenvalue weighted by molar-refractivity contribution is -0.394. The number of hydrogen-bond acceptors (Lipinski definition) is 8. The minimum Gasteiger partial charge on any atom is -0.375 e. The summed E-state index contributed by atoms with van der Waals surface area (Å²) in [6.07, 6.45) is 0. The van der Waals surface area contributed by atoms with Crippen LogP contribution in [0.15, 0.2) is 22.4 Å². The maximum atomic E-state index is 11.0. The number of non-ortho nitro benzene ring substituents is 1. The van der Waals surface area contributed by atoms with Gasteiger partial charge in [0.2, 0.25) is 0 Å². The van der Waals surface area contributed by atoms with Crippen molar-refractivity contribution in [2.24, 2.45) is 0 Å². The number of nitrogens with zero attached hydrogens (tertiary/aromatic N) is 3. The Labute approximate surface area is 127 Å². The highest BCUT2D eigenvalue weighted by atomic mass is 32.2. The van der Waals surface area contributed by atoms with Gasteiger partial charge in [0.15, 0.2) is 5.13 Å². The van der Waals surface area contributed by atoms with Gasteiger partial charge in [-0.25, -0.2) is 4.98 Å². The molecule has 1 aromatic carbocycles. The molecule has 0 bridgehead atoms. The van der Waals surface area contributed by atoms with Gasteiger partial charge >= 0.3 is 0 Å². The number of benzene rings is 1. The van der Waals surface area contributed by atoms with Gasteiger partial charge in [-0.05, 0) is 13.0 Å². The van der Waals surface area contributed by atoms with Gasteiger partial charge in [-0.1, -0.05) is 11.3 Å². The van der Waals surface area contributed by atoms with Crippen molar-refractivity contribution in [3.05, 3.63) is 49.7 Å².